The highest BCUT2D eigenvalue weighted by atomic mass is 19.1. The van der Waals surface area contributed by atoms with Crippen LogP contribution >= 0.6 is 0 Å². The van der Waals surface area contributed by atoms with E-state index in [9.17, 15) is 9.18 Å². The SMILES string of the molecule is Cc1onc(C(C)(C)C)c1C(=O)NCC(c1ccc(F)cc1)N1CCCC1. The maximum Gasteiger partial charge on any atom is 0.256 e. The van der Waals surface area contributed by atoms with Crippen LogP contribution in [0.3, 0.4) is 0 Å². The highest BCUT2D eigenvalue weighted by Gasteiger charge is 2.30. The fraction of sp³-hybridized carbons (Fsp3) is 0.524. The molecule has 1 unspecified atom stereocenters. The van der Waals surface area contributed by atoms with Gasteiger partial charge >= 0.3 is 0 Å². The second-order valence-electron chi connectivity index (χ2n) is 8.23. The number of nitrogens with zero attached hydrogens (tertiary/aromatic N) is 2. The third-order valence-corrected chi connectivity index (χ3v) is 5.09. The Morgan fingerprint density at radius 3 is 2.48 bits per heavy atom. The van der Waals surface area contributed by atoms with Crippen molar-refractivity contribution in [2.45, 2.75) is 52.0 Å². The number of rotatable bonds is 5. The molecule has 0 saturated carbocycles. The summed E-state index contributed by atoms with van der Waals surface area (Å²) in [4.78, 5) is 15.3. The van der Waals surface area contributed by atoms with Crippen LogP contribution in [0, 0.1) is 12.7 Å². The molecule has 0 aliphatic carbocycles. The Morgan fingerprint density at radius 1 is 1.26 bits per heavy atom. The number of hydrogen-bond donors (Lipinski definition) is 1. The Bertz CT molecular complexity index is 787. The summed E-state index contributed by atoms with van der Waals surface area (Å²) >= 11 is 0. The molecule has 2 aromatic rings. The van der Waals surface area contributed by atoms with E-state index in [4.69, 9.17) is 4.52 Å². The van der Waals surface area contributed by atoms with E-state index in [1.54, 1.807) is 19.1 Å². The van der Waals surface area contributed by atoms with E-state index in [1.807, 2.05) is 20.8 Å². The maximum absolute atomic E-state index is 13.3. The molecule has 5 nitrogen and oxygen atoms in total. The number of likely N-dealkylation sites (tertiary alicyclic amines) is 1. The highest BCUT2D eigenvalue weighted by Crippen LogP contribution is 2.28. The number of amides is 1. The van der Waals surface area contributed by atoms with Crippen LogP contribution in [0.15, 0.2) is 28.8 Å². The zero-order valence-corrected chi connectivity index (χ0v) is 16.5. The number of carbonyl (C=O) groups excluding carboxylic acids is 1. The molecule has 0 bridgehead atoms. The molecule has 3 rings (SSSR count). The maximum atomic E-state index is 13.3. The fourth-order valence-corrected chi connectivity index (χ4v) is 3.63. The van der Waals surface area contributed by atoms with E-state index >= 15 is 0 Å². The van der Waals surface area contributed by atoms with Gasteiger partial charge in [-0.15, -0.1) is 0 Å². The van der Waals surface area contributed by atoms with Gasteiger partial charge in [-0.25, -0.2) is 4.39 Å². The predicted octanol–water partition coefficient (Wildman–Crippen LogP) is 3.99. The van der Waals surface area contributed by atoms with Crippen molar-refractivity contribution in [1.29, 1.82) is 0 Å². The first-order valence-electron chi connectivity index (χ1n) is 9.52. The molecule has 1 aliphatic rings. The van der Waals surface area contributed by atoms with Gasteiger partial charge in [0.05, 0.1) is 6.04 Å². The zero-order valence-electron chi connectivity index (χ0n) is 16.5. The molecule has 1 fully saturated rings. The summed E-state index contributed by atoms with van der Waals surface area (Å²) in [5, 5.41) is 7.15. The Hall–Kier alpha value is -2.21. The van der Waals surface area contributed by atoms with Crippen LogP contribution in [0.1, 0.15) is 67.0 Å². The summed E-state index contributed by atoms with van der Waals surface area (Å²) in [6, 6.07) is 6.57. The van der Waals surface area contributed by atoms with Crippen LogP contribution in [0.25, 0.3) is 0 Å². The van der Waals surface area contributed by atoms with Crippen molar-refractivity contribution < 1.29 is 13.7 Å². The molecule has 1 saturated heterocycles. The molecular weight excluding hydrogens is 345 g/mol. The van der Waals surface area contributed by atoms with E-state index in [2.05, 4.69) is 15.4 Å². The van der Waals surface area contributed by atoms with E-state index in [-0.39, 0.29) is 23.2 Å². The summed E-state index contributed by atoms with van der Waals surface area (Å²) in [7, 11) is 0. The van der Waals surface area contributed by atoms with Crippen molar-refractivity contribution in [2.75, 3.05) is 19.6 Å². The van der Waals surface area contributed by atoms with Gasteiger partial charge in [0.15, 0.2) is 0 Å². The Labute approximate surface area is 159 Å². The average Bonchev–Trinajstić information content (AvgIpc) is 3.25. The van der Waals surface area contributed by atoms with Crippen LogP contribution < -0.4 is 5.32 Å². The summed E-state index contributed by atoms with van der Waals surface area (Å²) in [5.41, 5.74) is 1.91. The minimum absolute atomic E-state index is 0.0234. The second-order valence-corrected chi connectivity index (χ2v) is 8.23. The minimum atomic E-state index is -0.282. The second kappa shape index (κ2) is 7.80. The number of carbonyl (C=O) groups is 1. The third-order valence-electron chi connectivity index (χ3n) is 5.09. The van der Waals surface area contributed by atoms with Gasteiger partial charge in [0.2, 0.25) is 0 Å². The summed E-state index contributed by atoms with van der Waals surface area (Å²) in [5.74, 6) is 0.0970. The van der Waals surface area contributed by atoms with E-state index < -0.39 is 0 Å². The molecule has 1 atom stereocenters. The van der Waals surface area contributed by atoms with Crippen LogP contribution in [0.5, 0.6) is 0 Å². The van der Waals surface area contributed by atoms with Gasteiger partial charge < -0.3 is 9.84 Å². The molecule has 1 aromatic heterocycles. The normalized spacial score (nSPS) is 16.5. The largest absolute Gasteiger partial charge is 0.361 e. The molecule has 146 valence electrons. The lowest BCUT2D eigenvalue weighted by atomic mass is 9.88. The average molecular weight is 373 g/mol. The summed E-state index contributed by atoms with van der Waals surface area (Å²) in [6.07, 6.45) is 2.29. The summed E-state index contributed by atoms with van der Waals surface area (Å²) < 4.78 is 18.6. The van der Waals surface area contributed by atoms with Crippen LogP contribution in [0.2, 0.25) is 0 Å². The quantitative estimate of drug-likeness (QED) is 0.861. The molecule has 1 N–H and O–H groups in total. The molecular formula is C21H28FN3O2. The van der Waals surface area contributed by atoms with Gasteiger partial charge in [0, 0.05) is 12.0 Å². The van der Waals surface area contributed by atoms with Crippen molar-refractivity contribution in [1.82, 2.24) is 15.4 Å². The van der Waals surface area contributed by atoms with Crippen LogP contribution in [0.4, 0.5) is 4.39 Å². The first-order valence-corrected chi connectivity index (χ1v) is 9.52. The smallest absolute Gasteiger partial charge is 0.256 e. The fourth-order valence-electron chi connectivity index (χ4n) is 3.63. The van der Waals surface area contributed by atoms with Crippen molar-refractivity contribution >= 4 is 5.91 Å². The van der Waals surface area contributed by atoms with Crippen molar-refractivity contribution in [2.24, 2.45) is 0 Å². The minimum Gasteiger partial charge on any atom is -0.361 e. The number of nitrogens with one attached hydrogen (secondary N) is 1. The molecule has 1 amide bonds. The lowest BCUT2D eigenvalue weighted by molar-refractivity contribution is 0.0934. The standard InChI is InChI=1S/C21H28FN3O2/c1-14-18(19(24-27-14)21(2,3)4)20(26)23-13-17(25-11-5-6-12-25)15-7-9-16(22)10-8-15/h7-10,17H,5-6,11-13H2,1-4H3,(H,23,26). The van der Waals surface area contributed by atoms with Gasteiger partial charge in [-0.1, -0.05) is 38.1 Å². The Morgan fingerprint density at radius 2 is 1.89 bits per heavy atom. The van der Waals surface area contributed by atoms with Crippen molar-refractivity contribution in [3.05, 3.63) is 52.7 Å². The third kappa shape index (κ3) is 4.38. The highest BCUT2D eigenvalue weighted by molar-refractivity contribution is 5.96. The molecule has 1 aromatic carbocycles. The summed E-state index contributed by atoms with van der Waals surface area (Å²) in [6.45, 7) is 10.2. The topological polar surface area (TPSA) is 58.4 Å². The molecule has 1 aliphatic heterocycles. The molecule has 6 heteroatoms. The molecule has 27 heavy (non-hydrogen) atoms. The lowest BCUT2D eigenvalue weighted by Gasteiger charge is -2.28. The predicted molar refractivity (Wildman–Crippen MR) is 102 cm³/mol. The van der Waals surface area contributed by atoms with Gasteiger partial charge in [-0.05, 0) is 50.6 Å². The van der Waals surface area contributed by atoms with Crippen molar-refractivity contribution in [3.8, 4) is 0 Å². The monoisotopic (exact) mass is 373 g/mol. The molecule has 2 heterocycles. The number of halogens is 1. The number of hydrogen-bond acceptors (Lipinski definition) is 4. The van der Waals surface area contributed by atoms with Crippen molar-refractivity contribution in [3.63, 3.8) is 0 Å². The zero-order chi connectivity index (χ0) is 19.6. The van der Waals surface area contributed by atoms with Crippen LogP contribution in [-0.2, 0) is 5.41 Å². The van der Waals surface area contributed by atoms with Gasteiger partial charge in [-0.2, -0.15) is 0 Å². The first kappa shape index (κ1) is 19.5. The first-order chi connectivity index (χ1) is 12.8. The van der Waals surface area contributed by atoms with E-state index in [0.717, 1.165) is 31.5 Å². The van der Waals surface area contributed by atoms with Gasteiger partial charge in [-0.3, -0.25) is 9.69 Å². The number of benzene rings is 1. The number of aryl methyl sites for hydroxylation is 1. The Balaban J connectivity index is 1.79. The van der Waals surface area contributed by atoms with E-state index in [0.29, 0.717) is 23.6 Å². The Kier molecular flexibility index (Phi) is 5.65. The molecule has 0 spiro atoms. The lowest BCUT2D eigenvalue weighted by Crippen LogP contribution is -2.37. The number of aromatic nitrogens is 1. The van der Waals surface area contributed by atoms with Gasteiger partial charge in [0.1, 0.15) is 22.8 Å². The van der Waals surface area contributed by atoms with E-state index in [1.165, 1.54) is 12.1 Å². The van der Waals surface area contributed by atoms with Crippen LogP contribution in [-0.4, -0.2) is 35.6 Å². The molecule has 0 radical (unpaired) electrons. The van der Waals surface area contributed by atoms with Gasteiger partial charge in [0.25, 0.3) is 5.91 Å².